The number of benzene rings is 1. The third-order valence-electron chi connectivity index (χ3n) is 4.32. The largest absolute Gasteiger partial charge is 0.294 e. The number of ketones is 1. The number of hydrogen-bond donors (Lipinski definition) is 0. The van der Waals surface area contributed by atoms with Gasteiger partial charge < -0.3 is 0 Å². The van der Waals surface area contributed by atoms with Crippen LogP contribution in [0.5, 0.6) is 0 Å². The highest BCUT2D eigenvalue weighted by molar-refractivity contribution is 7.91. The van der Waals surface area contributed by atoms with E-state index in [1.54, 1.807) is 59.6 Å². The average molecular weight is 412 g/mol. The van der Waals surface area contributed by atoms with Crippen molar-refractivity contribution in [2.24, 2.45) is 0 Å². The van der Waals surface area contributed by atoms with Gasteiger partial charge in [0.25, 0.3) is 0 Å². The van der Waals surface area contributed by atoms with Gasteiger partial charge in [-0.15, -0.1) is 11.3 Å². The number of hydrogen-bond acceptors (Lipinski definition) is 7. The van der Waals surface area contributed by atoms with Crippen LogP contribution < -0.4 is 0 Å². The number of carbonyl (C=O) groups excluding carboxylic acids is 1. The standard InChI is InChI=1S/C19H16N4O3S2/c1-13-22-18(12-27-13)28(25,26)16-5-2-14(3-6-16)4-7-17(24)15-10-21-19-20-8-9-23(19)11-15/h2-3,5-6,8-12H,4,7H2,1H3. The summed E-state index contributed by atoms with van der Waals surface area (Å²) >= 11 is 1.30. The number of aromatic nitrogens is 4. The Morgan fingerprint density at radius 1 is 1.18 bits per heavy atom. The van der Waals surface area contributed by atoms with Crippen LogP contribution in [0.4, 0.5) is 0 Å². The molecule has 0 saturated carbocycles. The lowest BCUT2D eigenvalue weighted by molar-refractivity contribution is 0.0982. The maximum atomic E-state index is 12.6. The van der Waals surface area contributed by atoms with Gasteiger partial charge in [0, 0.05) is 36.6 Å². The molecule has 28 heavy (non-hydrogen) atoms. The zero-order valence-electron chi connectivity index (χ0n) is 14.9. The molecule has 4 rings (SSSR count). The Morgan fingerprint density at radius 3 is 2.68 bits per heavy atom. The minimum Gasteiger partial charge on any atom is -0.294 e. The number of fused-ring (bicyclic) bond motifs is 1. The first kappa shape index (κ1) is 18.5. The fraction of sp³-hybridized carbons (Fsp3) is 0.158. The summed E-state index contributed by atoms with van der Waals surface area (Å²) in [6.45, 7) is 1.77. The van der Waals surface area contributed by atoms with E-state index in [0.717, 1.165) is 5.56 Å². The van der Waals surface area contributed by atoms with E-state index in [1.807, 2.05) is 0 Å². The number of nitrogens with zero attached hydrogens (tertiary/aromatic N) is 4. The van der Waals surface area contributed by atoms with Crippen LogP contribution in [-0.2, 0) is 16.3 Å². The second kappa shape index (κ2) is 7.25. The first-order chi connectivity index (χ1) is 13.4. The molecule has 0 spiro atoms. The lowest BCUT2D eigenvalue weighted by atomic mass is 10.0. The Labute approximate surface area is 165 Å². The molecule has 0 saturated heterocycles. The monoisotopic (exact) mass is 412 g/mol. The Kier molecular flexibility index (Phi) is 4.78. The van der Waals surface area contributed by atoms with Gasteiger partial charge in [0.15, 0.2) is 10.8 Å². The van der Waals surface area contributed by atoms with E-state index < -0.39 is 9.84 Å². The molecule has 0 aliphatic heterocycles. The quantitative estimate of drug-likeness (QED) is 0.452. The predicted octanol–water partition coefficient (Wildman–Crippen LogP) is 3.14. The highest BCUT2D eigenvalue weighted by Crippen LogP contribution is 2.23. The lowest BCUT2D eigenvalue weighted by Gasteiger charge is -2.05. The molecule has 0 unspecified atom stereocenters. The van der Waals surface area contributed by atoms with Crippen LogP contribution >= 0.6 is 11.3 Å². The van der Waals surface area contributed by atoms with E-state index in [9.17, 15) is 13.2 Å². The second-order valence-corrected chi connectivity index (χ2v) is 9.21. The molecule has 0 bridgehead atoms. The number of aryl methyl sites for hydroxylation is 2. The van der Waals surface area contributed by atoms with Crippen molar-refractivity contribution in [3.63, 3.8) is 0 Å². The van der Waals surface area contributed by atoms with E-state index in [0.29, 0.717) is 29.2 Å². The van der Waals surface area contributed by atoms with Crippen molar-refractivity contribution in [2.45, 2.75) is 29.7 Å². The van der Waals surface area contributed by atoms with Crippen molar-refractivity contribution >= 4 is 32.7 Å². The summed E-state index contributed by atoms with van der Waals surface area (Å²) in [4.78, 5) is 24.9. The Bertz CT molecular complexity index is 1260. The van der Waals surface area contributed by atoms with Crippen molar-refractivity contribution in [1.82, 2.24) is 19.4 Å². The summed E-state index contributed by atoms with van der Waals surface area (Å²) in [6.07, 6.45) is 7.41. The zero-order chi connectivity index (χ0) is 19.7. The minimum absolute atomic E-state index is 0.0299. The van der Waals surface area contributed by atoms with Crippen molar-refractivity contribution in [3.8, 4) is 0 Å². The number of rotatable bonds is 6. The van der Waals surface area contributed by atoms with Crippen LogP contribution in [0, 0.1) is 6.92 Å². The van der Waals surface area contributed by atoms with Crippen LogP contribution in [0.1, 0.15) is 27.3 Å². The molecule has 0 fully saturated rings. The van der Waals surface area contributed by atoms with Gasteiger partial charge in [0.2, 0.25) is 15.6 Å². The summed E-state index contributed by atoms with van der Waals surface area (Å²) < 4.78 is 26.8. The predicted molar refractivity (Wildman–Crippen MR) is 104 cm³/mol. The van der Waals surface area contributed by atoms with E-state index in [1.165, 1.54) is 17.5 Å². The lowest BCUT2D eigenvalue weighted by Crippen LogP contribution is -2.05. The zero-order valence-corrected chi connectivity index (χ0v) is 16.6. The van der Waals surface area contributed by atoms with Gasteiger partial charge in [-0.05, 0) is 31.0 Å². The van der Waals surface area contributed by atoms with Gasteiger partial charge in [0.1, 0.15) is 0 Å². The molecular weight excluding hydrogens is 396 g/mol. The first-order valence-corrected chi connectivity index (χ1v) is 10.9. The highest BCUT2D eigenvalue weighted by Gasteiger charge is 2.20. The maximum Gasteiger partial charge on any atom is 0.233 e. The number of sulfone groups is 1. The third-order valence-corrected chi connectivity index (χ3v) is 6.89. The Hall–Kier alpha value is -2.91. The molecule has 0 aliphatic rings. The topological polar surface area (TPSA) is 94.3 Å². The number of carbonyl (C=O) groups is 1. The number of thiazole rings is 1. The summed E-state index contributed by atoms with van der Waals surface area (Å²) in [5.74, 6) is 0.515. The van der Waals surface area contributed by atoms with Crippen molar-refractivity contribution in [1.29, 1.82) is 0 Å². The molecule has 1 aromatic carbocycles. The Balaban J connectivity index is 1.45. The van der Waals surface area contributed by atoms with E-state index in [2.05, 4.69) is 15.0 Å². The fourth-order valence-corrected chi connectivity index (χ4v) is 4.96. The van der Waals surface area contributed by atoms with Gasteiger partial charge in [-0.1, -0.05) is 12.1 Å². The molecule has 0 N–H and O–H groups in total. The normalized spacial score (nSPS) is 11.8. The van der Waals surface area contributed by atoms with Crippen LogP contribution in [-0.4, -0.2) is 33.6 Å². The van der Waals surface area contributed by atoms with Crippen molar-refractivity contribution in [3.05, 3.63) is 70.6 Å². The molecule has 9 heteroatoms. The van der Waals surface area contributed by atoms with Crippen molar-refractivity contribution in [2.75, 3.05) is 0 Å². The number of Topliss-reactive ketones (excluding diaryl/α,β-unsaturated/α-hetero) is 1. The van der Waals surface area contributed by atoms with E-state index >= 15 is 0 Å². The molecule has 3 aromatic heterocycles. The smallest absolute Gasteiger partial charge is 0.233 e. The first-order valence-electron chi connectivity index (χ1n) is 8.51. The van der Waals surface area contributed by atoms with Crippen LogP contribution in [0.2, 0.25) is 0 Å². The molecule has 0 amide bonds. The maximum absolute atomic E-state index is 12.6. The molecular formula is C19H16N4O3S2. The van der Waals surface area contributed by atoms with Crippen LogP contribution in [0.15, 0.2) is 64.4 Å². The summed E-state index contributed by atoms with van der Waals surface area (Å²) in [6, 6.07) is 6.58. The fourth-order valence-electron chi connectivity index (χ4n) is 2.79. The van der Waals surface area contributed by atoms with E-state index in [4.69, 9.17) is 0 Å². The third kappa shape index (κ3) is 3.58. The van der Waals surface area contributed by atoms with Crippen LogP contribution in [0.25, 0.3) is 5.78 Å². The molecule has 3 heterocycles. The Morgan fingerprint density at radius 2 is 1.96 bits per heavy atom. The molecule has 4 aromatic rings. The molecule has 0 radical (unpaired) electrons. The SMILES string of the molecule is Cc1nc(S(=O)(=O)c2ccc(CCC(=O)c3cnc4nccn4c3)cc2)cs1. The van der Waals surface area contributed by atoms with Gasteiger partial charge in [-0.2, -0.15) is 0 Å². The summed E-state index contributed by atoms with van der Waals surface area (Å²) in [5, 5.41) is 2.32. The number of imidazole rings is 1. The van der Waals surface area contributed by atoms with Crippen molar-refractivity contribution < 1.29 is 13.2 Å². The van der Waals surface area contributed by atoms with Gasteiger partial charge in [0.05, 0.1) is 15.5 Å². The summed E-state index contributed by atoms with van der Waals surface area (Å²) in [5.41, 5.74) is 1.40. The van der Waals surface area contributed by atoms with E-state index in [-0.39, 0.29) is 15.7 Å². The molecule has 0 aliphatic carbocycles. The van der Waals surface area contributed by atoms with Crippen LogP contribution in [0.3, 0.4) is 0 Å². The van der Waals surface area contributed by atoms with Gasteiger partial charge >= 0.3 is 0 Å². The van der Waals surface area contributed by atoms with Gasteiger partial charge in [-0.25, -0.2) is 23.4 Å². The highest BCUT2D eigenvalue weighted by atomic mass is 32.2. The van der Waals surface area contributed by atoms with Gasteiger partial charge in [-0.3, -0.25) is 9.20 Å². The molecule has 7 nitrogen and oxygen atoms in total. The minimum atomic E-state index is -3.61. The molecule has 142 valence electrons. The average Bonchev–Trinajstić information content (AvgIpc) is 3.34. The second-order valence-electron chi connectivity index (χ2n) is 6.25. The molecule has 0 atom stereocenters. The summed E-state index contributed by atoms with van der Waals surface area (Å²) in [7, 11) is -3.61.